The van der Waals surface area contributed by atoms with Crippen LogP contribution in [0.1, 0.15) is 30.9 Å². The van der Waals surface area contributed by atoms with Crippen LogP contribution in [0.3, 0.4) is 0 Å². The molecule has 2 N–H and O–H groups in total. The minimum absolute atomic E-state index is 0.0505. The monoisotopic (exact) mass is 259 g/mol. The lowest BCUT2D eigenvalue weighted by molar-refractivity contribution is -0.116. The van der Waals surface area contributed by atoms with Gasteiger partial charge in [-0.2, -0.15) is 0 Å². The summed E-state index contributed by atoms with van der Waals surface area (Å²) in [5.41, 5.74) is 1.78. The average Bonchev–Trinajstić information content (AvgIpc) is 2.92. The van der Waals surface area contributed by atoms with Crippen molar-refractivity contribution in [2.75, 3.05) is 18.4 Å². The molecule has 2 aliphatic rings. The minimum atomic E-state index is -0.224. The van der Waals surface area contributed by atoms with E-state index in [-0.39, 0.29) is 18.0 Å². The summed E-state index contributed by atoms with van der Waals surface area (Å²) in [5, 5.41) is 5.80. The van der Waals surface area contributed by atoms with E-state index in [0.29, 0.717) is 6.42 Å². The van der Waals surface area contributed by atoms with E-state index in [0.717, 1.165) is 37.2 Å². The zero-order valence-electron chi connectivity index (χ0n) is 10.7. The van der Waals surface area contributed by atoms with E-state index in [2.05, 4.69) is 10.6 Å². The maximum atomic E-state index is 12.1. The molecule has 0 saturated carbocycles. The number of carbonyl (C=O) groups excluding carboxylic acids is 2. The Morgan fingerprint density at radius 1 is 1.26 bits per heavy atom. The van der Waals surface area contributed by atoms with E-state index in [9.17, 15) is 9.59 Å². The first kappa shape index (κ1) is 12.0. The lowest BCUT2D eigenvalue weighted by Crippen LogP contribution is -2.42. The third kappa shape index (κ3) is 2.41. The van der Waals surface area contributed by atoms with Gasteiger partial charge in [0.2, 0.25) is 5.91 Å². The van der Waals surface area contributed by atoms with Gasteiger partial charge in [0, 0.05) is 18.8 Å². The summed E-state index contributed by atoms with van der Waals surface area (Å²) < 4.78 is 0. The Labute approximate surface area is 112 Å². The molecule has 0 aliphatic carbocycles. The highest BCUT2D eigenvalue weighted by Gasteiger charge is 2.28. The van der Waals surface area contributed by atoms with Gasteiger partial charge in [0.15, 0.2) is 0 Å². The van der Waals surface area contributed by atoms with Crippen LogP contribution in [0, 0.1) is 0 Å². The summed E-state index contributed by atoms with van der Waals surface area (Å²) >= 11 is 0. The molecule has 0 radical (unpaired) electrons. The quantitative estimate of drug-likeness (QED) is 0.809. The number of rotatable bonds is 1. The molecule has 0 bridgehead atoms. The van der Waals surface area contributed by atoms with Crippen molar-refractivity contribution in [2.45, 2.75) is 25.3 Å². The number of urea groups is 1. The highest BCUT2D eigenvalue weighted by Crippen LogP contribution is 2.30. The fourth-order valence-corrected chi connectivity index (χ4v) is 2.70. The molecule has 3 amide bonds. The van der Waals surface area contributed by atoms with Crippen LogP contribution in [0.25, 0.3) is 0 Å². The Balaban J connectivity index is 1.77. The molecule has 2 aliphatic heterocycles. The number of nitrogens with one attached hydrogen (secondary N) is 2. The molecule has 2 heterocycles. The Morgan fingerprint density at radius 2 is 2.00 bits per heavy atom. The number of anilines is 1. The number of carbonyl (C=O) groups is 2. The van der Waals surface area contributed by atoms with Crippen LogP contribution in [0.5, 0.6) is 0 Å². The molecular weight excluding hydrogens is 242 g/mol. The zero-order chi connectivity index (χ0) is 13.2. The molecule has 1 aromatic carbocycles. The number of likely N-dealkylation sites (tertiary alicyclic amines) is 1. The van der Waals surface area contributed by atoms with Gasteiger partial charge in [0.25, 0.3) is 0 Å². The molecule has 5 nitrogen and oxygen atoms in total. The van der Waals surface area contributed by atoms with Crippen LogP contribution < -0.4 is 10.6 Å². The molecule has 1 aromatic rings. The Hall–Kier alpha value is -2.04. The summed E-state index contributed by atoms with van der Waals surface area (Å²) in [7, 11) is 0. The topological polar surface area (TPSA) is 61.4 Å². The highest BCUT2D eigenvalue weighted by molar-refractivity contribution is 5.95. The van der Waals surface area contributed by atoms with Crippen molar-refractivity contribution >= 4 is 17.6 Å². The third-order valence-corrected chi connectivity index (χ3v) is 3.69. The molecule has 1 atom stereocenters. The predicted octanol–water partition coefficient (Wildman–Crippen LogP) is 1.88. The normalized spacial score (nSPS) is 21.8. The van der Waals surface area contributed by atoms with E-state index < -0.39 is 0 Å². The van der Waals surface area contributed by atoms with Crippen molar-refractivity contribution < 1.29 is 9.59 Å². The third-order valence-electron chi connectivity index (χ3n) is 3.69. The van der Waals surface area contributed by atoms with E-state index >= 15 is 0 Å². The maximum Gasteiger partial charge on any atom is 0.317 e. The van der Waals surface area contributed by atoms with Gasteiger partial charge < -0.3 is 15.5 Å². The number of fused-ring (bicyclic) bond motifs is 1. The molecule has 0 spiro atoms. The Morgan fingerprint density at radius 3 is 2.79 bits per heavy atom. The molecule has 1 unspecified atom stereocenters. The van der Waals surface area contributed by atoms with Crippen LogP contribution in [-0.4, -0.2) is 29.9 Å². The number of hydrogen-bond donors (Lipinski definition) is 2. The summed E-state index contributed by atoms with van der Waals surface area (Å²) in [4.78, 5) is 25.6. The van der Waals surface area contributed by atoms with E-state index in [4.69, 9.17) is 0 Å². The van der Waals surface area contributed by atoms with Gasteiger partial charge in [-0.3, -0.25) is 4.79 Å². The van der Waals surface area contributed by atoms with Crippen molar-refractivity contribution in [3.63, 3.8) is 0 Å². The fraction of sp³-hybridized carbons (Fsp3) is 0.429. The van der Waals surface area contributed by atoms with Crippen molar-refractivity contribution in [1.29, 1.82) is 0 Å². The van der Waals surface area contributed by atoms with Crippen molar-refractivity contribution in [1.82, 2.24) is 10.2 Å². The Kier molecular flexibility index (Phi) is 3.11. The van der Waals surface area contributed by atoms with Gasteiger partial charge >= 0.3 is 6.03 Å². The first-order valence-electron chi connectivity index (χ1n) is 6.68. The number of amides is 3. The van der Waals surface area contributed by atoms with Crippen molar-refractivity contribution in [3.8, 4) is 0 Å². The van der Waals surface area contributed by atoms with Gasteiger partial charge in [-0.25, -0.2) is 4.79 Å². The zero-order valence-corrected chi connectivity index (χ0v) is 10.7. The number of benzene rings is 1. The van der Waals surface area contributed by atoms with E-state index in [1.165, 1.54) is 0 Å². The van der Waals surface area contributed by atoms with Crippen LogP contribution in [0.4, 0.5) is 10.5 Å². The fourth-order valence-electron chi connectivity index (χ4n) is 2.70. The number of hydrogen-bond acceptors (Lipinski definition) is 2. The van der Waals surface area contributed by atoms with Crippen molar-refractivity contribution in [3.05, 3.63) is 29.8 Å². The molecule has 1 fully saturated rings. The van der Waals surface area contributed by atoms with Gasteiger partial charge in [-0.1, -0.05) is 18.2 Å². The smallest absolute Gasteiger partial charge is 0.317 e. The lowest BCUT2D eigenvalue weighted by atomic mass is 9.97. The average molecular weight is 259 g/mol. The molecule has 0 aromatic heterocycles. The predicted molar refractivity (Wildman–Crippen MR) is 71.8 cm³/mol. The summed E-state index contributed by atoms with van der Waals surface area (Å²) in [6.07, 6.45) is 2.43. The molecule has 19 heavy (non-hydrogen) atoms. The molecule has 5 heteroatoms. The molecule has 3 rings (SSSR count). The second kappa shape index (κ2) is 4.91. The summed E-state index contributed by atoms with van der Waals surface area (Å²) in [6, 6.07) is 7.32. The summed E-state index contributed by atoms with van der Waals surface area (Å²) in [6.45, 7) is 1.62. The minimum Gasteiger partial charge on any atom is -0.331 e. The van der Waals surface area contributed by atoms with Gasteiger partial charge in [0.1, 0.15) is 0 Å². The number of para-hydroxylation sites is 1. The summed E-state index contributed by atoms with van der Waals surface area (Å²) in [5.74, 6) is -0.0505. The lowest BCUT2D eigenvalue weighted by Gasteiger charge is -2.28. The highest BCUT2D eigenvalue weighted by atomic mass is 16.2. The first-order chi connectivity index (χ1) is 9.24. The maximum absolute atomic E-state index is 12.1. The molecule has 100 valence electrons. The van der Waals surface area contributed by atoms with Crippen LogP contribution >= 0.6 is 0 Å². The molecule has 1 saturated heterocycles. The van der Waals surface area contributed by atoms with E-state index in [1.807, 2.05) is 29.2 Å². The Bertz CT molecular complexity index is 509. The standard InChI is InChI=1S/C14H17N3O2/c18-13-9-12(10-5-1-2-6-11(10)15-13)16-14(19)17-7-3-4-8-17/h1-2,5-6,12H,3-4,7-9H2,(H,15,18)(H,16,19). The first-order valence-corrected chi connectivity index (χ1v) is 6.68. The van der Waals surface area contributed by atoms with Crippen molar-refractivity contribution in [2.24, 2.45) is 0 Å². The van der Waals surface area contributed by atoms with Crippen LogP contribution in [-0.2, 0) is 4.79 Å². The van der Waals surface area contributed by atoms with Gasteiger partial charge in [0.05, 0.1) is 12.5 Å². The second-order valence-corrected chi connectivity index (χ2v) is 5.04. The van der Waals surface area contributed by atoms with Crippen LogP contribution in [0.2, 0.25) is 0 Å². The second-order valence-electron chi connectivity index (χ2n) is 5.04. The van der Waals surface area contributed by atoms with E-state index in [1.54, 1.807) is 0 Å². The van der Waals surface area contributed by atoms with Crippen LogP contribution in [0.15, 0.2) is 24.3 Å². The van der Waals surface area contributed by atoms with Gasteiger partial charge in [-0.15, -0.1) is 0 Å². The SMILES string of the molecule is O=C1CC(NC(=O)N2CCCC2)c2ccccc2N1. The molecular formula is C14H17N3O2. The van der Waals surface area contributed by atoms with Gasteiger partial charge in [-0.05, 0) is 24.5 Å². The number of nitrogens with zero attached hydrogens (tertiary/aromatic N) is 1. The largest absolute Gasteiger partial charge is 0.331 e.